The molecule has 4 rings (SSSR count). The van der Waals surface area contributed by atoms with E-state index in [0.717, 1.165) is 28.2 Å². The predicted octanol–water partition coefficient (Wildman–Crippen LogP) is 1.90. The van der Waals surface area contributed by atoms with Crippen molar-refractivity contribution < 1.29 is 13.2 Å². The molecule has 142 valence electrons. The first-order valence-electron chi connectivity index (χ1n) is 8.63. The molecular weight excluding hydrogens is 366 g/mol. The maximum absolute atomic E-state index is 12.1. The number of rotatable bonds is 4. The summed E-state index contributed by atoms with van der Waals surface area (Å²) < 4.78 is 33.1. The van der Waals surface area contributed by atoms with Crippen LogP contribution in [0.4, 0.5) is 0 Å². The monoisotopic (exact) mass is 387 g/mol. The standard InChI is InChI=1S/C18H21N5O3S/c1-13-3-4-14(9-17(13)22-6-5-19-12-22)15-10-16(21-20-15)18-11-26-8-7-23(18)27(2,24)25/h3-6,9-10,12,18H,7-8,11H2,1-2H3,(H,20,21)/t18-/m0/s1. The van der Waals surface area contributed by atoms with Crippen LogP contribution < -0.4 is 0 Å². The van der Waals surface area contributed by atoms with Gasteiger partial charge in [-0.05, 0) is 24.6 Å². The highest BCUT2D eigenvalue weighted by Crippen LogP contribution is 2.29. The largest absolute Gasteiger partial charge is 0.378 e. The molecule has 0 unspecified atom stereocenters. The molecule has 0 spiro atoms. The van der Waals surface area contributed by atoms with E-state index in [9.17, 15) is 8.42 Å². The number of nitrogens with zero attached hydrogens (tertiary/aromatic N) is 4. The molecule has 1 fully saturated rings. The molecule has 8 nitrogen and oxygen atoms in total. The number of nitrogens with one attached hydrogen (secondary N) is 1. The van der Waals surface area contributed by atoms with Gasteiger partial charge in [0.05, 0.1) is 48.9 Å². The number of aromatic nitrogens is 4. The predicted molar refractivity (Wildman–Crippen MR) is 101 cm³/mol. The van der Waals surface area contributed by atoms with Gasteiger partial charge in [-0.25, -0.2) is 13.4 Å². The molecule has 1 saturated heterocycles. The van der Waals surface area contributed by atoms with Crippen LogP contribution in [0.1, 0.15) is 17.3 Å². The molecule has 9 heteroatoms. The molecule has 2 aromatic heterocycles. The van der Waals surface area contributed by atoms with Gasteiger partial charge in [0.15, 0.2) is 0 Å². The summed E-state index contributed by atoms with van der Waals surface area (Å²) in [5, 5.41) is 7.39. The zero-order chi connectivity index (χ0) is 19.0. The SMILES string of the molecule is Cc1ccc(-c2cc([C@@H]3COCCN3S(C)(=O)=O)[nH]n2)cc1-n1ccnc1. The van der Waals surface area contributed by atoms with Gasteiger partial charge in [0.25, 0.3) is 0 Å². The smallest absolute Gasteiger partial charge is 0.211 e. The number of aryl methyl sites for hydroxylation is 1. The van der Waals surface area contributed by atoms with E-state index in [-0.39, 0.29) is 0 Å². The van der Waals surface area contributed by atoms with Crippen LogP contribution in [0.15, 0.2) is 43.0 Å². The first kappa shape index (κ1) is 17.9. The van der Waals surface area contributed by atoms with Gasteiger partial charge in [0, 0.05) is 24.5 Å². The van der Waals surface area contributed by atoms with Crippen molar-refractivity contribution in [2.24, 2.45) is 0 Å². The molecule has 1 atom stereocenters. The number of hydrogen-bond donors (Lipinski definition) is 1. The number of ether oxygens (including phenoxy) is 1. The van der Waals surface area contributed by atoms with E-state index < -0.39 is 16.1 Å². The summed E-state index contributed by atoms with van der Waals surface area (Å²) in [4.78, 5) is 4.10. The highest BCUT2D eigenvalue weighted by atomic mass is 32.2. The Morgan fingerprint density at radius 2 is 2.15 bits per heavy atom. The number of hydrogen-bond acceptors (Lipinski definition) is 5. The fourth-order valence-corrected chi connectivity index (χ4v) is 4.38. The lowest BCUT2D eigenvalue weighted by Gasteiger charge is -2.32. The van der Waals surface area contributed by atoms with Crippen molar-refractivity contribution in [2.75, 3.05) is 26.0 Å². The lowest BCUT2D eigenvalue weighted by Crippen LogP contribution is -2.42. The van der Waals surface area contributed by atoms with Gasteiger partial charge in [-0.15, -0.1) is 0 Å². The first-order valence-corrected chi connectivity index (χ1v) is 10.5. The van der Waals surface area contributed by atoms with Gasteiger partial charge in [-0.3, -0.25) is 5.10 Å². The van der Waals surface area contributed by atoms with E-state index in [1.165, 1.54) is 10.6 Å². The Labute approximate surface area is 157 Å². The molecule has 3 heterocycles. The summed E-state index contributed by atoms with van der Waals surface area (Å²) in [5.41, 5.74) is 4.56. The molecule has 1 aliphatic rings. The minimum absolute atomic E-state index is 0.308. The summed E-state index contributed by atoms with van der Waals surface area (Å²) in [6.07, 6.45) is 6.61. The summed E-state index contributed by atoms with van der Waals surface area (Å²) in [7, 11) is -3.33. The van der Waals surface area contributed by atoms with Gasteiger partial charge >= 0.3 is 0 Å². The average Bonchev–Trinajstić information content (AvgIpc) is 3.33. The highest BCUT2D eigenvalue weighted by molar-refractivity contribution is 7.88. The normalized spacial score (nSPS) is 18.7. The number of sulfonamides is 1. The summed E-state index contributed by atoms with van der Waals surface area (Å²) in [5.74, 6) is 0. The third kappa shape index (κ3) is 3.53. The molecule has 0 saturated carbocycles. The van der Waals surface area contributed by atoms with Crippen LogP contribution in [0.25, 0.3) is 16.9 Å². The van der Waals surface area contributed by atoms with Crippen molar-refractivity contribution in [2.45, 2.75) is 13.0 Å². The van der Waals surface area contributed by atoms with Crippen LogP contribution in [0.5, 0.6) is 0 Å². The fourth-order valence-electron chi connectivity index (χ4n) is 3.33. The summed E-state index contributed by atoms with van der Waals surface area (Å²) in [6.45, 7) is 3.09. The molecular formula is C18H21N5O3S. The summed E-state index contributed by atoms with van der Waals surface area (Å²) in [6, 6.07) is 7.57. The Bertz CT molecular complexity index is 1040. The van der Waals surface area contributed by atoms with Crippen LogP contribution in [0, 0.1) is 6.92 Å². The molecule has 3 aromatic rings. The Morgan fingerprint density at radius 1 is 1.30 bits per heavy atom. The first-order chi connectivity index (χ1) is 12.9. The van der Waals surface area contributed by atoms with Crippen molar-refractivity contribution in [1.82, 2.24) is 24.1 Å². The van der Waals surface area contributed by atoms with Crippen molar-refractivity contribution in [1.29, 1.82) is 0 Å². The number of imidazole rings is 1. The molecule has 0 radical (unpaired) electrons. The Balaban J connectivity index is 1.68. The third-order valence-electron chi connectivity index (χ3n) is 4.75. The van der Waals surface area contributed by atoms with Gasteiger partial charge in [0.2, 0.25) is 10.0 Å². The second-order valence-electron chi connectivity index (χ2n) is 6.64. The van der Waals surface area contributed by atoms with Crippen molar-refractivity contribution in [3.05, 3.63) is 54.2 Å². The Kier molecular flexibility index (Phi) is 4.58. The van der Waals surface area contributed by atoms with Crippen LogP contribution >= 0.6 is 0 Å². The van der Waals surface area contributed by atoms with Crippen LogP contribution in [-0.4, -0.2) is 58.5 Å². The minimum Gasteiger partial charge on any atom is -0.378 e. The number of aromatic amines is 1. The number of morpholine rings is 1. The van der Waals surface area contributed by atoms with Crippen molar-refractivity contribution in [3.8, 4) is 16.9 Å². The molecule has 0 bridgehead atoms. The van der Waals surface area contributed by atoms with Gasteiger partial charge in [-0.1, -0.05) is 12.1 Å². The Morgan fingerprint density at radius 3 is 2.89 bits per heavy atom. The maximum Gasteiger partial charge on any atom is 0.211 e. The topological polar surface area (TPSA) is 93.1 Å². The average molecular weight is 387 g/mol. The zero-order valence-electron chi connectivity index (χ0n) is 15.2. The maximum atomic E-state index is 12.1. The van der Waals surface area contributed by atoms with E-state index in [0.29, 0.717) is 19.8 Å². The molecule has 0 aliphatic carbocycles. The van der Waals surface area contributed by atoms with Gasteiger partial charge < -0.3 is 9.30 Å². The second kappa shape index (κ2) is 6.91. The van der Waals surface area contributed by atoms with Gasteiger partial charge in [0.1, 0.15) is 0 Å². The lowest BCUT2D eigenvalue weighted by atomic mass is 10.1. The number of H-pyrrole nitrogens is 1. The highest BCUT2D eigenvalue weighted by Gasteiger charge is 2.32. The van der Waals surface area contributed by atoms with Crippen molar-refractivity contribution >= 4 is 10.0 Å². The molecule has 1 aliphatic heterocycles. The molecule has 0 amide bonds. The van der Waals surface area contributed by atoms with E-state index in [2.05, 4.69) is 15.2 Å². The lowest BCUT2D eigenvalue weighted by molar-refractivity contribution is 0.0309. The van der Waals surface area contributed by atoms with Crippen LogP contribution in [0.3, 0.4) is 0 Å². The van der Waals surface area contributed by atoms with E-state index >= 15 is 0 Å². The minimum atomic E-state index is -3.33. The van der Waals surface area contributed by atoms with E-state index in [1.807, 2.05) is 42.0 Å². The van der Waals surface area contributed by atoms with Crippen LogP contribution in [0.2, 0.25) is 0 Å². The van der Waals surface area contributed by atoms with E-state index in [4.69, 9.17) is 4.74 Å². The van der Waals surface area contributed by atoms with Gasteiger partial charge in [-0.2, -0.15) is 9.40 Å². The van der Waals surface area contributed by atoms with E-state index in [1.54, 1.807) is 12.5 Å². The quantitative estimate of drug-likeness (QED) is 0.738. The third-order valence-corrected chi connectivity index (χ3v) is 6.04. The van der Waals surface area contributed by atoms with Crippen LogP contribution in [-0.2, 0) is 14.8 Å². The second-order valence-corrected chi connectivity index (χ2v) is 8.58. The fraction of sp³-hybridized carbons (Fsp3) is 0.333. The molecule has 1 aromatic carbocycles. The molecule has 27 heavy (non-hydrogen) atoms. The Hall–Kier alpha value is -2.49. The summed E-state index contributed by atoms with van der Waals surface area (Å²) >= 11 is 0. The number of benzene rings is 1. The molecule has 1 N–H and O–H groups in total. The zero-order valence-corrected chi connectivity index (χ0v) is 16.0. The van der Waals surface area contributed by atoms with Crippen molar-refractivity contribution in [3.63, 3.8) is 0 Å².